The molecule has 4 nitrogen and oxygen atoms in total. The monoisotopic (exact) mass is 209 g/mol. The average molecular weight is 209 g/mol. The van der Waals surface area contributed by atoms with E-state index in [1.807, 2.05) is 6.92 Å². The van der Waals surface area contributed by atoms with Gasteiger partial charge in [0, 0.05) is 6.61 Å². The van der Waals surface area contributed by atoms with Crippen LogP contribution in [0.3, 0.4) is 0 Å². The molecule has 0 fully saturated rings. The van der Waals surface area contributed by atoms with E-state index in [2.05, 4.69) is 30.7 Å². The second kappa shape index (κ2) is 4.57. The van der Waals surface area contributed by atoms with E-state index in [9.17, 15) is 0 Å². The number of rotatable bonds is 3. The minimum Gasteiger partial charge on any atom is -0.396 e. The van der Waals surface area contributed by atoms with E-state index in [0.29, 0.717) is 18.1 Å². The molecule has 0 aliphatic carbocycles. The third-order valence-electron chi connectivity index (χ3n) is 2.05. The molecule has 1 rings (SSSR count). The molecular weight excluding hydrogens is 190 g/mol. The zero-order chi connectivity index (χ0) is 11.5. The summed E-state index contributed by atoms with van der Waals surface area (Å²) < 4.78 is 5.67. The Labute approximate surface area is 90.9 Å². The van der Waals surface area contributed by atoms with Gasteiger partial charge in [0.2, 0.25) is 0 Å². The lowest BCUT2D eigenvalue weighted by atomic mass is 9.88. The normalized spacial score (nSPS) is 13.9. The number of aromatic nitrogens is 2. The van der Waals surface area contributed by atoms with E-state index in [0.717, 1.165) is 0 Å². The molecule has 0 saturated heterocycles. The van der Waals surface area contributed by atoms with Gasteiger partial charge in [0.05, 0.1) is 18.1 Å². The number of nitrogens with two attached hydrogens (primary N) is 1. The Morgan fingerprint density at radius 3 is 2.27 bits per heavy atom. The fraction of sp³-hybridized carbons (Fsp3) is 0.636. The summed E-state index contributed by atoms with van der Waals surface area (Å²) >= 11 is 0. The highest BCUT2D eigenvalue weighted by Crippen LogP contribution is 2.33. The number of hydrogen-bond acceptors (Lipinski definition) is 4. The molecule has 0 amide bonds. The van der Waals surface area contributed by atoms with Crippen molar-refractivity contribution in [3.63, 3.8) is 0 Å². The summed E-state index contributed by atoms with van der Waals surface area (Å²) in [5.41, 5.74) is 6.09. The van der Waals surface area contributed by atoms with Crippen molar-refractivity contribution in [3.05, 3.63) is 18.2 Å². The number of ether oxygens (including phenoxy) is 1. The first-order chi connectivity index (χ1) is 6.95. The van der Waals surface area contributed by atoms with Crippen molar-refractivity contribution >= 4 is 5.69 Å². The van der Waals surface area contributed by atoms with Gasteiger partial charge in [-0.3, -0.25) is 0 Å². The number of nitrogen functional groups attached to an aromatic ring is 1. The second-order valence-electron chi connectivity index (χ2n) is 4.58. The van der Waals surface area contributed by atoms with Crippen LogP contribution in [0.1, 0.15) is 39.6 Å². The molecule has 2 N–H and O–H groups in total. The first kappa shape index (κ1) is 11.9. The Bertz CT molecular complexity index is 303. The van der Waals surface area contributed by atoms with Gasteiger partial charge in [-0.05, 0) is 12.3 Å². The standard InChI is InChI=1S/C11H19N3O/c1-5-15-9(11(2,3)4)10-13-6-8(12)7-14-10/h6-7,9H,5,12H2,1-4H3. The van der Waals surface area contributed by atoms with Gasteiger partial charge in [-0.15, -0.1) is 0 Å². The summed E-state index contributed by atoms with van der Waals surface area (Å²) in [6.07, 6.45) is 3.13. The molecule has 84 valence electrons. The molecule has 1 unspecified atom stereocenters. The van der Waals surface area contributed by atoms with Crippen molar-refractivity contribution in [2.45, 2.75) is 33.8 Å². The molecule has 1 aromatic rings. The maximum atomic E-state index is 5.67. The van der Waals surface area contributed by atoms with E-state index < -0.39 is 0 Å². The summed E-state index contributed by atoms with van der Waals surface area (Å²) in [6.45, 7) is 8.93. The van der Waals surface area contributed by atoms with E-state index in [4.69, 9.17) is 10.5 Å². The topological polar surface area (TPSA) is 61.0 Å². The third kappa shape index (κ3) is 3.16. The highest BCUT2D eigenvalue weighted by Gasteiger charge is 2.28. The lowest BCUT2D eigenvalue weighted by Gasteiger charge is -2.28. The first-order valence-corrected chi connectivity index (χ1v) is 5.14. The van der Waals surface area contributed by atoms with Gasteiger partial charge in [0.15, 0.2) is 5.82 Å². The van der Waals surface area contributed by atoms with Gasteiger partial charge in [-0.25, -0.2) is 9.97 Å². The van der Waals surface area contributed by atoms with Crippen LogP contribution in [0.2, 0.25) is 0 Å². The predicted molar refractivity (Wildman–Crippen MR) is 60.3 cm³/mol. The average Bonchev–Trinajstić information content (AvgIpc) is 2.14. The number of anilines is 1. The lowest BCUT2D eigenvalue weighted by molar-refractivity contribution is -0.0191. The molecule has 0 radical (unpaired) electrons. The fourth-order valence-corrected chi connectivity index (χ4v) is 1.36. The Morgan fingerprint density at radius 1 is 1.33 bits per heavy atom. The van der Waals surface area contributed by atoms with Crippen LogP contribution in [-0.4, -0.2) is 16.6 Å². The summed E-state index contributed by atoms with van der Waals surface area (Å²) in [5.74, 6) is 0.693. The lowest BCUT2D eigenvalue weighted by Crippen LogP contribution is -2.23. The van der Waals surface area contributed by atoms with Gasteiger partial charge >= 0.3 is 0 Å². The largest absolute Gasteiger partial charge is 0.396 e. The Morgan fingerprint density at radius 2 is 1.87 bits per heavy atom. The molecule has 15 heavy (non-hydrogen) atoms. The minimum absolute atomic E-state index is 0.0217. The molecule has 0 aromatic carbocycles. The van der Waals surface area contributed by atoms with Crippen LogP contribution >= 0.6 is 0 Å². The minimum atomic E-state index is -0.0944. The van der Waals surface area contributed by atoms with Crippen LogP contribution in [0.15, 0.2) is 12.4 Å². The third-order valence-corrected chi connectivity index (χ3v) is 2.05. The Balaban J connectivity index is 2.94. The molecule has 1 heterocycles. The zero-order valence-electron chi connectivity index (χ0n) is 9.82. The predicted octanol–water partition coefficient (Wildman–Crippen LogP) is 2.18. The van der Waals surface area contributed by atoms with E-state index in [1.165, 1.54) is 0 Å². The summed E-state index contributed by atoms with van der Waals surface area (Å²) in [5, 5.41) is 0. The maximum Gasteiger partial charge on any atom is 0.157 e. The van der Waals surface area contributed by atoms with Gasteiger partial charge in [0.1, 0.15) is 6.10 Å². The van der Waals surface area contributed by atoms with Gasteiger partial charge < -0.3 is 10.5 Å². The van der Waals surface area contributed by atoms with Gasteiger partial charge in [-0.1, -0.05) is 20.8 Å². The van der Waals surface area contributed by atoms with Crippen molar-refractivity contribution in [2.75, 3.05) is 12.3 Å². The van der Waals surface area contributed by atoms with E-state index >= 15 is 0 Å². The van der Waals surface area contributed by atoms with Crippen molar-refractivity contribution in [1.82, 2.24) is 9.97 Å². The molecular formula is C11H19N3O. The van der Waals surface area contributed by atoms with Crippen LogP contribution in [0, 0.1) is 5.41 Å². The Kier molecular flexibility index (Phi) is 3.63. The first-order valence-electron chi connectivity index (χ1n) is 5.14. The highest BCUT2D eigenvalue weighted by atomic mass is 16.5. The van der Waals surface area contributed by atoms with Crippen LogP contribution in [0.5, 0.6) is 0 Å². The van der Waals surface area contributed by atoms with Crippen molar-refractivity contribution in [2.24, 2.45) is 5.41 Å². The summed E-state index contributed by atoms with van der Waals surface area (Å²) in [6, 6.07) is 0. The molecule has 4 heteroatoms. The molecule has 0 spiro atoms. The number of hydrogen-bond donors (Lipinski definition) is 1. The van der Waals surface area contributed by atoms with Crippen molar-refractivity contribution in [3.8, 4) is 0 Å². The molecule has 0 aliphatic rings. The van der Waals surface area contributed by atoms with Crippen molar-refractivity contribution < 1.29 is 4.74 Å². The summed E-state index contributed by atoms with van der Waals surface area (Å²) in [4.78, 5) is 8.41. The summed E-state index contributed by atoms with van der Waals surface area (Å²) in [7, 11) is 0. The van der Waals surface area contributed by atoms with Crippen molar-refractivity contribution in [1.29, 1.82) is 0 Å². The number of nitrogens with zero attached hydrogens (tertiary/aromatic N) is 2. The van der Waals surface area contributed by atoms with E-state index in [1.54, 1.807) is 12.4 Å². The molecule has 0 saturated carbocycles. The second-order valence-corrected chi connectivity index (χ2v) is 4.58. The molecule has 1 aromatic heterocycles. The fourth-order valence-electron chi connectivity index (χ4n) is 1.36. The Hall–Kier alpha value is -1.16. The highest BCUT2D eigenvalue weighted by molar-refractivity contribution is 5.30. The zero-order valence-corrected chi connectivity index (χ0v) is 9.82. The van der Waals surface area contributed by atoms with E-state index in [-0.39, 0.29) is 11.5 Å². The van der Waals surface area contributed by atoms with Crippen LogP contribution < -0.4 is 5.73 Å². The SMILES string of the molecule is CCOC(c1ncc(N)cn1)C(C)(C)C. The molecule has 1 atom stereocenters. The molecule has 0 aliphatic heterocycles. The van der Waals surface area contributed by atoms with Gasteiger partial charge in [-0.2, -0.15) is 0 Å². The smallest absolute Gasteiger partial charge is 0.157 e. The molecule has 0 bridgehead atoms. The van der Waals surface area contributed by atoms with Crippen LogP contribution in [0.4, 0.5) is 5.69 Å². The quantitative estimate of drug-likeness (QED) is 0.828. The van der Waals surface area contributed by atoms with Gasteiger partial charge in [0.25, 0.3) is 0 Å². The maximum absolute atomic E-state index is 5.67. The van der Waals surface area contributed by atoms with Crippen LogP contribution in [-0.2, 0) is 4.74 Å². The van der Waals surface area contributed by atoms with Crippen LogP contribution in [0.25, 0.3) is 0 Å².